The van der Waals surface area contributed by atoms with Crippen LogP contribution in [0.2, 0.25) is 0 Å². The average Bonchev–Trinajstić information content (AvgIpc) is 2.86. The third kappa shape index (κ3) is 12.3. The van der Waals surface area contributed by atoms with Crippen molar-refractivity contribution in [3.8, 4) is 0 Å². The van der Waals surface area contributed by atoms with E-state index in [1.54, 1.807) is 0 Å². The lowest BCUT2D eigenvalue weighted by Crippen LogP contribution is -2.51. The number of nitrogens with one attached hydrogen (secondary N) is 2. The number of piperidine rings is 1. The molecule has 13 heteroatoms. The van der Waals surface area contributed by atoms with Crippen molar-refractivity contribution >= 4 is 54.7 Å². The Balaban J connectivity index is 0.00000481. The fourth-order valence-electron chi connectivity index (χ4n) is 4.14. The van der Waals surface area contributed by atoms with Gasteiger partial charge in [0.15, 0.2) is 0 Å². The number of nitrogens with two attached hydrogens (primary N) is 2. The molecule has 220 valence electrons. The molecule has 0 aromatic heterocycles. The predicted octanol–water partition coefficient (Wildman–Crippen LogP) is 4.17. The largest absolute Gasteiger partial charge is 0.416 e. The molecule has 0 aliphatic carbocycles. The maximum Gasteiger partial charge on any atom is 0.416 e. The van der Waals surface area contributed by atoms with Crippen LogP contribution in [0, 0.1) is 0 Å². The summed E-state index contributed by atoms with van der Waals surface area (Å²) in [4.78, 5) is 28.1. The van der Waals surface area contributed by atoms with E-state index in [4.69, 9.17) is 11.5 Å². The molecule has 3 rings (SSSR count). The molecule has 39 heavy (non-hydrogen) atoms. The van der Waals surface area contributed by atoms with Gasteiger partial charge >= 0.3 is 6.18 Å². The van der Waals surface area contributed by atoms with Crippen LogP contribution < -0.4 is 22.1 Å². The Labute approximate surface area is 245 Å². The predicted molar refractivity (Wildman–Crippen MR) is 155 cm³/mol. The van der Waals surface area contributed by atoms with E-state index in [-0.39, 0.29) is 55.4 Å². The van der Waals surface area contributed by atoms with Crippen LogP contribution in [0.15, 0.2) is 54.6 Å². The molecule has 0 saturated carbocycles. The summed E-state index contributed by atoms with van der Waals surface area (Å²) in [5, 5.41) is 5.22. The van der Waals surface area contributed by atoms with E-state index in [2.05, 4.69) is 15.5 Å². The topological polar surface area (TPSA) is 113 Å². The number of hydrogen-bond acceptors (Lipinski definition) is 5. The molecule has 0 spiro atoms. The number of nitrogens with zero attached hydrogens (tertiary/aromatic N) is 1. The minimum atomic E-state index is -4.53. The molecule has 0 radical (unpaired) electrons. The van der Waals surface area contributed by atoms with Crippen molar-refractivity contribution in [1.29, 1.82) is 0 Å². The lowest BCUT2D eigenvalue weighted by Gasteiger charge is -2.30. The Morgan fingerprint density at radius 2 is 1.59 bits per heavy atom. The van der Waals surface area contributed by atoms with E-state index >= 15 is 0 Å². The number of anilines is 1. The Morgan fingerprint density at radius 1 is 0.949 bits per heavy atom. The molecule has 1 heterocycles. The van der Waals surface area contributed by atoms with Gasteiger partial charge in [0.2, 0.25) is 11.8 Å². The van der Waals surface area contributed by atoms with Gasteiger partial charge in [0, 0.05) is 18.3 Å². The number of carbonyl (C=O) groups excluding carboxylic acids is 2. The van der Waals surface area contributed by atoms with Crippen LogP contribution >= 0.6 is 37.2 Å². The maximum atomic E-state index is 13.1. The second-order valence-electron chi connectivity index (χ2n) is 9.23. The summed E-state index contributed by atoms with van der Waals surface area (Å²) in [5.41, 5.74) is 12.1. The molecule has 2 aromatic rings. The number of benzene rings is 2. The molecule has 1 aliphatic heterocycles. The Kier molecular flexibility index (Phi) is 16.6. The lowest BCUT2D eigenvalue weighted by atomic mass is 10.0. The molecule has 6 N–H and O–H groups in total. The molecule has 1 aliphatic rings. The highest BCUT2D eigenvalue weighted by molar-refractivity contribution is 5.97. The fourth-order valence-corrected chi connectivity index (χ4v) is 4.14. The summed E-state index contributed by atoms with van der Waals surface area (Å²) in [5.74, 6) is -1.07. The molecular formula is C26H37Cl3F3N5O2. The molecule has 2 amide bonds. The van der Waals surface area contributed by atoms with E-state index < -0.39 is 35.6 Å². The van der Waals surface area contributed by atoms with Gasteiger partial charge in [-0.2, -0.15) is 13.2 Å². The highest BCUT2D eigenvalue weighted by Gasteiger charge is 2.31. The van der Waals surface area contributed by atoms with E-state index in [9.17, 15) is 22.8 Å². The number of carbonyl (C=O) groups is 2. The molecule has 2 atom stereocenters. The van der Waals surface area contributed by atoms with Crippen LogP contribution in [0.3, 0.4) is 0 Å². The van der Waals surface area contributed by atoms with E-state index in [0.717, 1.165) is 43.6 Å². The SMILES string of the molecule is Cl.Cl.Cl.NC1CCN(CC[C@H](N)C(=O)N[C@@H](CCc2ccccc2)C(=O)Nc2cccc(C(F)(F)F)c2)CC1. The fraction of sp³-hybridized carbons (Fsp3) is 0.462. The van der Waals surface area contributed by atoms with Gasteiger partial charge in [-0.3, -0.25) is 9.59 Å². The average molecular weight is 615 g/mol. The maximum absolute atomic E-state index is 13.1. The van der Waals surface area contributed by atoms with Crippen LogP contribution in [-0.4, -0.2) is 54.5 Å². The van der Waals surface area contributed by atoms with Crippen molar-refractivity contribution in [2.24, 2.45) is 11.5 Å². The normalized spacial score (nSPS) is 15.5. The van der Waals surface area contributed by atoms with Crippen molar-refractivity contribution < 1.29 is 22.8 Å². The molecule has 1 fully saturated rings. The summed E-state index contributed by atoms with van der Waals surface area (Å²) in [6, 6.07) is 12.2. The summed E-state index contributed by atoms with van der Waals surface area (Å²) in [6.07, 6.45) is -1.56. The van der Waals surface area contributed by atoms with Crippen molar-refractivity contribution in [2.75, 3.05) is 25.0 Å². The minimum Gasteiger partial charge on any atom is -0.343 e. The van der Waals surface area contributed by atoms with Gasteiger partial charge in [0.1, 0.15) is 6.04 Å². The third-order valence-corrected chi connectivity index (χ3v) is 6.38. The number of halogens is 6. The first-order valence-electron chi connectivity index (χ1n) is 12.2. The molecular weight excluding hydrogens is 578 g/mol. The van der Waals surface area contributed by atoms with Crippen molar-refractivity contribution in [2.45, 2.75) is 56.4 Å². The van der Waals surface area contributed by atoms with Gasteiger partial charge in [-0.15, -0.1) is 37.2 Å². The van der Waals surface area contributed by atoms with Gasteiger partial charge in [-0.1, -0.05) is 36.4 Å². The van der Waals surface area contributed by atoms with Gasteiger partial charge < -0.3 is 27.0 Å². The number of hydrogen-bond donors (Lipinski definition) is 4. The Morgan fingerprint density at radius 3 is 2.21 bits per heavy atom. The van der Waals surface area contributed by atoms with Crippen LogP contribution in [-0.2, 0) is 22.2 Å². The zero-order valence-corrected chi connectivity index (χ0v) is 23.8. The van der Waals surface area contributed by atoms with Crippen molar-refractivity contribution in [1.82, 2.24) is 10.2 Å². The zero-order valence-electron chi connectivity index (χ0n) is 21.4. The van der Waals surface area contributed by atoms with E-state index in [1.807, 2.05) is 30.3 Å². The van der Waals surface area contributed by atoms with Crippen LogP contribution in [0.1, 0.15) is 36.8 Å². The molecule has 2 aromatic carbocycles. The summed E-state index contributed by atoms with van der Waals surface area (Å²) < 4.78 is 39.2. The summed E-state index contributed by atoms with van der Waals surface area (Å²) in [6.45, 7) is 2.36. The standard InChI is InChI=1S/C26H34F3N5O2.3ClH/c27-26(28,29)19-7-4-8-21(17-19)32-25(36)23(10-9-18-5-2-1-3-6-18)33-24(35)22(31)13-16-34-14-11-20(30)12-15-34;;;/h1-8,17,20,22-23H,9-16,30-31H2,(H,32,36)(H,33,35);3*1H/t22-,23-;;;/m0.../s1. The van der Waals surface area contributed by atoms with Crippen LogP contribution in [0.25, 0.3) is 0 Å². The molecule has 1 saturated heterocycles. The molecule has 0 bridgehead atoms. The Bertz CT molecular complexity index is 1010. The second-order valence-corrected chi connectivity index (χ2v) is 9.23. The van der Waals surface area contributed by atoms with Gasteiger partial charge in [-0.05, 0) is 69.0 Å². The van der Waals surface area contributed by atoms with Crippen molar-refractivity contribution in [3.05, 3.63) is 65.7 Å². The number of likely N-dealkylation sites (tertiary alicyclic amines) is 1. The second kappa shape index (κ2) is 17.6. The molecule has 0 unspecified atom stereocenters. The first kappa shape index (κ1) is 36.9. The summed E-state index contributed by atoms with van der Waals surface area (Å²) >= 11 is 0. The zero-order chi connectivity index (χ0) is 26.1. The highest BCUT2D eigenvalue weighted by atomic mass is 35.5. The number of amides is 2. The van der Waals surface area contributed by atoms with Gasteiger partial charge in [0.25, 0.3) is 0 Å². The molecule has 7 nitrogen and oxygen atoms in total. The number of aryl methyl sites for hydroxylation is 1. The van der Waals surface area contributed by atoms with Crippen LogP contribution in [0.4, 0.5) is 18.9 Å². The van der Waals surface area contributed by atoms with Gasteiger partial charge in [0.05, 0.1) is 11.6 Å². The quantitative estimate of drug-likeness (QED) is 0.321. The lowest BCUT2D eigenvalue weighted by molar-refractivity contribution is -0.137. The minimum absolute atomic E-state index is 0. The van der Waals surface area contributed by atoms with E-state index in [1.165, 1.54) is 12.1 Å². The van der Waals surface area contributed by atoms with Crippen LogP contribution in [0.5, 0.6) is 0 Å². The highest BCUT2D eigenvalue weighted by Crippen LogP contribution is 2.30. The smallest absolute Gasteiger partial charge is 0.343 e. The van der Waals surface area contributed by atoms with E-state index in [0.29, 0.717) is 19.4 Å². The monoisotopic (exact) mass is 613 g/mol. The third-order valence-electron chi connectivity index (χ3n) is 6.38. The van der Waals surface area contributed by atoms with Crippen molar-refractivity contribution in [3.63, 3.8) is 0 Å². The van der Waals surface area contributed by atoms with Gasteiger partial charge in [-0.25, -0.2) is 0 Å². The first-order valence-corrected chi connectivity index (χ1v) is 12.2. The number of alkyl halides is 3. The number of rotatable bonds is 10. The first-order chi connectivity index (χ1) is 17.1. The summed E-state index contributed by atoms with van der Waals surface area (Å²) in [7, 11) is 0. The Hall–Kier alpha value is -2.08.